The average molecular weight is 474 g/mol. The molecule has 4 aromatic rings. The number of aromatic nitrogens is 1. The number of methoxy groups -OCH3 is 1. The number of rotatable bonds is 5. The first kappa shape index (κ1) is 22.2. The van der Waals surface area contributed by atoms with Crippen LogP contribution in [0.25, 0.3) is 10.9 Å². The molecule has 0 aliphatic carbocycles. The van der Waals surface area contributed by atoms with Crippen LogP contribution in [0.5, 0.6) is 5.75 Å². The standard InChI is InChI=1S/C27H27N3O3S/c1-20-8-13-25-24(18-20)27(26(19-28-25)34(31,32)23-6-4-3-5-7-23)30-16-14-29(15-17-30)21-9-11-22(33-2)12-10-21/h3-13,18-19H,14-17H2,1-2H3. The molecular weight excluding hydrogens is 446 g/mol. The van der Waals surface area contributed by atoms with Gasteiger partial charge in [-0.05, 0) is 55.5 Å². The van der Waals surface area contributed by atoms with Crippen LogP contribution < -0.4 is 14.5 Å². The van der Waals surface area contributed by atoms with Gasteiger partial charge >= 0.3 is 0 Å². The first-order valence-electron chi connectivity index (χ1n) is 11.3. The van der Waals surface area contributed by atoms with E-state index in [4.69, 9.17) is 4.74 Å². The topological polar surface area (TPSA) is 62.7 Å². The summed E-state index contributed by atoms with van der Waals surface area (Å²) in [5.41, 5.74) is 3.74. The van der Waals surface area contributed by atoms with Gasteiger partial charge in [0.05, 0.1) is 23.2 Å². The lowest BCUT2D eigenvalue weighted by molar-refractivity contribution is 0.415. The highest BCUT2D eigenvalue weighted by Crippen LogP contribution is 2.37. The molecule has 0 unspecified atom stereocenters. The van der Waals surface area contributed by atoms with Crippen LogP contribution in [0.15, 0.2) is 88.8 Å². The van der Waals surface area contributed by atoms with E-state index in [0.717, 1.165) is 46.7 Å². The van der Waals surface area contributed by atoms with Crippen molar-refractivity contribution in [2.45, 2.75) is 16.7 Å². The molecule has 174 valence electrons. The van der Waals surface area contributed by atoms with Gasteiger partial charge < -0.3 is 14.5 Å². The number of pyridine rings is 1. The predicted molar refractivity (Wildman–Crippen MR) is 136 cm³/mol. The van der Waals surface area contributed by atoms with Crippen molar-refractivity contribution >= 4 is 32.1 Å². The molecule has 0 bridgehead atoms. The first-order valence-corrected chi connectivity index (χ1v) is 12.8. The molecule has 1 aromatic heterocycles. The second-order valence-electron chi connectivity index (χ2n) is 8.48. The Balaban J connectivity index is 1.54. The van der Waals surface area contributed by atoms with Crippen LogP contribution in [-0.2, 0) is 9.84 Å². The lowest BCUT2D eigenvalue weighted by atomic mass is 10.1. The van der Waals surface area contributed by atoms with E-state index in [-0.39, 0.29) is 9.79 Å². The molecule has 1 aliphatic rings. The molecule has 0 radical (unpaired) electrons. The van der Waals surface area contributed by atoms with Crippen LogP contribution in [0.2, 0.25) is 0 Å². The molecule has 1 saturated heterocycles. The molecule has 0 N–H and O–H groups in total. The van der Waals surface area contributed by atoms with Crippen molar-refractivity contribution in [2.24, 2.45) is 0 Å². The summed E-state index contributed by atoms with van der Waals surface area (Å²) in [6, 6.07) is 22.7. The van der Waals surface area contributed by atoms with Gasteiger partial charge in [-0.1, -0.05) is 29.8 Å². The number of hydrogen-bond acceptors (Lipinski definition) is 6. The highest BCUT2D eigenvalue weighted by atomic mass is 32.2. The fraction of sp³-hybridized carbons (Fsp3) is 0.222. The van der Waals surface area contributed by atoms with E-state index in [2.05, 4.69) is 26.9 Å². The Morgan fingerprint density at radius 3 is 2.21 bits per heavy atom. The van der Waals surface area contributed by atoms with Gasteiger partial charge in [0, 0.05) is 43.4 Å². The maximum atomic E-state index is 13.7. The van der Waals surface area contributed by atoms with Gasteiger partial charge in [0.15, 0.2) is 0 Å². The van der Waals surface area contributed by atoms with Gasteiger partial charge in [0.25, 0.3) is 0 Å². The summed E-state index contributed by atoms with van der Waals surface area (Å²) in [5.74, 6) is 0.830. The summed E-state index contributed by atoms with van der Waals surface area (Å²) < 4.78 is 32.6. The molecule has 0 spiro atoms. The van der Waals surface area contributed by atoms with E-state index in [9.17, 15) is 8.42 Å². The largest absolute Gasteiger partial charge is 0.497 e. The molecule has 0 saturated carbocycles. The molecule has 7 heteroatoms. The third kappa shape index (κ3) is 4.07. The Bertz CT molecular complexity index is 1410. The van der Waals surface area contributed by atoms with Crippen molar-refractivity contribution in [1.29, 1.82) is 0 Å². The summed E-state index contributed by atoms with van der Waals surface area (Å²) in [7, 11) is -2.07. The minimum absolute atomic E-state index is 0.259. The van der Waals surface area contributed by atoms with Gasteiger partial charge in [-0.25, -0.2) is 8.42 Å². The van der Waals surface area contributed by atoms with Crippen LogP contribution >= 0.6 is 0 Å². The zero-order valence-electron chi connectivity index (χ0n) is 19.3. The fourth-order valence-electron chi connectivity index (χ4n) is 4.50. The molecule has 5 rings (SSSR count). The maximum Gasteiger partial charge on any atom is 0.210 e. The van der Waals surface area contributed by atoms with E-state index < -0.39 is 9.84 Å². The van der Waals surface area contributed by atoms with E-state index in [1.807, 2.05) is 43.3 Å². The summed E-state index contributed by atoms with van der Waals surface area (Å²) in [4.78, 5) is 9.57. The van der Waals surface area contributed by atoms with Crippen molar-refractivity contribution in [2.75, 3.05) is 43.1 Å². The first-order chi connectivity index (χ1) is 16.5. The minimum Gasteiger partial charge on any atom is -0.497 e. The number of anilines is 2. The van der Waals surface area contributed by atoms with Gasteiger partial charge in [-0.2, -0.15) is 0 Å². The Hall–Kier alpha value is -3.58. The number of benzene rings is 3. The molecule has 3 aromatic carbocycles. The Labute approximate surface area is 200 Å². The van der Waals surface area contributed by atoms with Crippen LogP contribution in [0.3, 0.4) is 0 Å². The van der Waals surface area contributed by atoms with Crippen molar-refractivity contribution in [3.8, 4) is 5.75 Å². The molecule has 1 fully saturated rings. The second kappa shape index (κ2) is 8.99. The number of piperazine rings is 1. The molecule has 6 nitrogen and oxygen atoms in total. The molecule has 34 heavy (non-hydrogen) atoms. The highest BCUT2D eigenvalue weighted by molar-refractivity contribution is 7.91. The summed E-state index contributed by atoms with van der Waals surface area (Å²) >= 11 is 0. The zero-order chi connectivity index (χ0) is 23.7. The van der Waals surface area contributed by atoms with E-state index >= 15 is 0 Å². The van der Waals surface area contributed by atoms with Gasteiger partial charge in [-0.15, -0.1) is 0 Å². The predicted octanol–water partition coefficient (Wildman–Crippen LogP) is 4.71. The molecule has 0 amide bonds. The van der Waals surface area contributed by atoms with Crippen molar-refractivity contribution in [3.63, 3.8) is 0 Å². The Morgan fingerprint density at radius 2 is 1.53 bits per heavy atom. The number of hydrogen-bond donors (Lipinski definition) is 0. The number of nitrogens with zero attached hydrogens (tertiary/aromatic N) is 3. The maximum absolute atomic E-state index is 13.7. The van der Waals surface area contributed by atoms with Gasteiger partial charge in [0.2, 0.25) is 9.84 Å². The van der Waals surface area contributed by atoms with Crippen molar-refractivity contribution in [3.05, 3.63) is 84.6 Å². The monoisotopic (exact) mass is 473 g/mol. The highest BCUT2D eigenvalue weighted by Gasteiger charge is 2.28. The van der Waals surface area contributed by atoms with Crippen LogP contribution in [0, 0.1) is 6.92 Å². The quantitative estimate of drug-likeness (QED) is 0.418. The Kier molecular flexibility index (Phi) is 5.87. The van der Waals surface area contributed by atoms with Gasteiger partial charge in [0.1, 0.15) is 10.6 Å². The van der Waals surface area contributed by atoms with E-state index in [1.165, 1.54) is 6.20 Å². The lowest BCUT2D eigenvalue weighted by Gasteiger charge is -2.38. The Morgan fingerprint density at radius 1 is 0.853 bits per heavy atom. The van der Waals surface area contributed by atoms with E-state index in [1.54, 1.807) is 31.4 Å². The van der Waals surface area contributed by atoms with Gasteiger partial charge in [-0.3, -0.25) is 4.98 Å². The molecule has 2 heterocycles. The number of aryl methyl sites for hydroxylation is 1. The van der Waals surface area contributed by atoms with E-state index in [0.29, 0.717) is 13.1 Å². The second-order valence-corrected chi connectivity index (χ2v) is 10.4. The lowest BCUT2D eigenvalue weighted by Crippen LogP contribution is -2.47. The third-order valence-corrected chi connectivity index (χ3v) is 8.11. The normalized spacial score (nSPS) is 14.4. The summed E-state index contributed by atoms with van der Waals surface area (Å²) in [6.45, 7) is 5.00. The van der Waals surface area contributed by atoms with Crippen molar-refractivity contribution in [1.82, 2.24) is 4.98 Å². The average Bonchev–Trinajstić information content (AvgIpc) is 2.88. The van der Waals surface area contributed by atoms with Crippen LogP contribution in [0.4, 0.5) is 11.4 Å². The number of fused-ring (bicyclic) bond motifs is 1. The smallest absolute Gasteiger partial charge is 0.210 e. The fourth-order valence-corrected chi connectivity index (χ4v) is 5.96. The summed E-state index contributed by atoms with van der Waals surface area (Å²) in [5, 5.41) is 0.870. The number of sulfone groups is 1. The molecule has 0 atom stereocenters. The molecular formula is C27H27N3O3S. The molecule has 1 aliphatic heterocycles. The minimum atomic E-state index is -3.73. The van der Waals surface area contributed by atoms with Crippen molar-refractivity contribution < 1.29 is 13.2 Å². The number of ether oxygens (including phenoxy) is 1. The van der Waals surface area contributed by atoms with Crippen LogP contribution in [-0.4, -0.2) is 46.7 Å². The van der Waals surface area contributed by atoms with Crippen LogP contribution in [0.1, 0.15) is 5.56 Å². The SMILES string of the molecule is COc1ccc(N2CCN(c3c(S(=O)(=O)c4ccccc4)cnc4ccc(C)cc34)CC2)cc1. The zero-order valence-corrected chi connectivity index (χ0v) is 20.1. The summed E-state index contributed by atoms with van der Waals surface area (Å²) in [6.07, 6.45) is 1.52. The third-order valence-electron chi connectivity index (χ3n) is 6.34.